The van der Waals surface area contributed by atoms with E-state index >= 15 is 0 Å². The monoisotopic (exact) mass is 203 g/mol. The van der Waals surface area contributed by atoms with Gasteiger partial charge < -0.3 is 0 Å². The Morgan fingerprint density at radius 2 is 1.33 bits per heavy atom. The predicted molar refractivity (Wildman–Crippen MR) is 54.7 cm³/mol. The van der Waals surface area contributed by atoms with Crippen LogP contribution in [0.3, 0.4) is 0 Å². The number of benzene rings is 2. The summed E-state index contributed by atoms with van der Waals surface area (Å²) in [6, 6.07) is 16.3. The van der Waals surface area contributed by atoms with Gasteiger partial charge >= 0.3 is 0 Å². The Balaban J connectivity index is 2.44. The number of alkyl halides is 2. The van der Waals surface area contributed by atoms with E-state index < -0.39 is 5.92 Å². The topological polar surface area (TPSA) is 0 Å². The maximum absolute atomic E-state index is 13.9. The molecule has 0 fully saturated rings. The van der Waals surface area contributed by atoms with Crippen molar-refractivity contribution in [3.05, 3.63) is 71.8 Å². The normalized spacial score (nSPS) is 11.3. The minimum absolute atomic E-state index is 0.00699. The van der Waals surface area contributed by atoms with Crippen molar-refractivity contribution < 1.29 is 8.78 Å². The zero-order valence-corrected chi connectivity index (χ0v) is 7.95. The van der Waals surface area contributed by atoms with Crippen LogP contribution in [0, 0.1) is 6.07 Å². The van der Waals surface area contributed by atoms with Gasteiger partial charge in [0.05, 0.1) is 0 Å². The zero-order chi connectivity index (χ0) is 10.7. The van der Waals surface area contributed by atoms with E-state index in [-0.39, 0.29) is 11.1 Å². The molecule has 0 amide bonds. The molecular weight excluding hydrogens is 194 g/mol. The van der Waals surface area contributed by atoms with Crippen LogP contribution < -0.4 is 0 Å². The summed E-state index contributed by atoms with van der Waals surface area (Å²) in [4.78, 5) is 0. The van der Waals surface area contributed by atoms with Gasteiger partial charge in [0, 0.05) is 11.1 Å². The quantitative estimate of drug-likeness (QED) is 0.699. The van der Waals surface area contributed by atoms with Crippen LogP contribution in [0.15, 0.2) is 54.6 Å². The third-order valence-electron chi connectivity index (χ3n) is 2.22. The average molecular weight is 203 g/mol. The van der Waals surface area contributed by atoms with Crippen LogP contribution in [0.25, 0.3) is 0 Å². The van der Waals surface area contributed by atoms with Gasteiger partial charge in [-0.15, -0.1) is 0 Å². The highest BCUT2D eigenvalue weighted by Crippen LogP contribution is 2.34. The maximum Gasteiger partial charge on any atom is 0.298 e. The van der Waals surface area contributed by atoms with E-state index in [0.717, 1.165) is 0 Å². The van der Waals surface area contributed by atoms with Crippen LogP contribution >= 0.6 is 0 Å². The second-order valence-corrected chi connectivity index (χ2v) is 3.23. The Morgan fingerprint density at radius 1 is 0.800 bits per heavy atom. The molecule has 15 heavy (non-hydrogen) atoms. The average Bonchev–Trinajstić information content (AvgIpc) is 2.31. The molecule has 2 aromatic carbocycles. The molecule has 0 spiro atoms. The van der Waals surface area contributed by atoms with E-state index in [1.54, 1.807) is 18.2 Å². The largest absolute Gasteiger partial charge is 0.298 e. The Kier molecular flexibility index (Phi) is 2.50. The highest BCUT2D eigenvalue weighted by atomic mass is 19.3. The van der Waals surface area contributed by atoms with Crippen molar-refractivity contribution in [2.45, 2.75) is 5.92 Å². The molecule has 0 aromatic heterocycles. The summed E-state index contributed by atoms with van der Waals surface area (Å²) in [7, 11) is 0. The SMILES string of the molecule is FC(F)(c1cc[c]cc1)c1ccccc1. The summed E-state index contributed by atoms with van der Waals surface area (Å²) in [6.07, 6.45) is 0. The molecule has 0 saturated heterocycles. The third kappa shape index (κ3) is 1.89. The van der Waals surface area contributed by atoms with Crippen LogP contribution in [0.2, 0.25) is 0 Å². The molecule has 0 atom stereocenters. The second-order valence-electron chi connectivity index (χ2n) is 3.23. The fourth-order valence-corrected chi connectivity index (χ4v) is 1.41. The Morgan fingerprint density at radius 3 is 1.93 bits per heavy atom. The summed E-state index contributed by atoms with van der Waals surface area (Å²) >= 11 is 0. The lowest BCUT2D eigenvalue weighted by atomic mass is 10.0. The van der Waals surface area contributed by atoms with Crippen molar-refractivity contribution in [1.82, 2.24) is 0 Å². The molecule has 0 bridgehead atoms. The molecule has 0 aliphatic rings. The number of rotatable bonds is 2. The minimum atomic E-state index is -2.93. The molecule has 0 heterocycles. The first-order chi connectivity index (χ1) is 7.21. The first-order valence-electron chi connectivity index (χ1n) is 4.61. The Bertz CT molecular complexity index is 379. The molecule has 0 N–H and O–H groups in total. The molecule has 2 rings (SSSR count). The molecule has 0 aliphatic heterocycles. The highest BCUT2D eigenvalue weighted by Gasteiger charge is 2.33. The molecule has 2 aromatic rings. The van der Waals surface area contributed by atoms with Gasteiger partial charge in [-0.25, -0.2) is 0 Å². The molecule has 0 saturated carbocycles. The third-order valence-corrected chi connectivity index (χ3v) is 2.22. The summed E-state index contributed by atoms with van der Waals surface area (Å²) in [6.45, 7) is 0. The fourth-order valence-electron chi connectivity index (χ4n) is 1.41. The summed E-state index contributed by atoms with van der Waals surface area (Å²) in [5.41, 5.74) is 0.00338. The molecule has 1 radical (unpaired) electrons. The molecule has 0 nitrogen and oxygen atoms in total. The van der Waals surface area contributed by atoms with Crippen molar-refractivity contribution in [2.75, 3.05) is 0 Å². The van der Waals surface area contributed by atoms with Crippen LogP contribution in [-0.2, 0) is 5.92 Å². The van der Waals surface area contributed by atoms with Gasteiger partial charge in [0.15, 0.2) is 0 Å². The lowest BCUT2D eigenvalue weighted by molar-refractivity contribution is 0.0428. The first kappa shape index (κ1) is 9.84. The Hall–Kier alpha value is -1.70. The lowest BCUT2D eigenvalue weighted by Gasteiger charge is -2.16. The van der Waals surface area contributed by atoms with Gasteiger partial charge in [-0.3, -0.25) is 0 Å². The van der Waals surface area contributed by atoms with Crippen LogP contribution in [0.4, 0.5) is 8.78 Å². The van der Waals surface area contributed by atoms with E-state index in [4.69, 9.17) is 0 Å². The van der Waals surface area contributed by atoms with Crippen LogP contribution in [0.5, 0.6) is 0 Å². The first-order valence-corrected chi connectivity index (χ1v) is 4.61. The summed E-state index contributed by atoms with van der Waals surface area (Å²) in [5.74, 6) is -2.93. The number of hydrogen-bond acceptors (Lipinski definition) is 0. The molecule has 75 valence electrons. The van der Waals surface area contributed by atoms with E-state index in [0.29, 0.717) is 0 Å². The zero-order valence-electron chi connectivity index (χ0n) is 7.95. The molecule has 2 heteroatoms. The van der Waals surface area contributed by atoms with Gasteiger partial charge in [-0.1, -0.05) is 54.6 Å². The van der Waals surface area contributed by atoms with Gasteiger partial charge in [0.25, 0.3) is 5.92 Å². The van der Waals surface area contributed by atoms with E-state index in [9.17, 15) is 8.78 Å². The van der Waals surface area contributed by atoms with Crippen molar-refractivity contribution in [3.63, 3.8) is 0 Å². The Labute approximate surface area is 87.2 Å². The van der Waals surface area contributed by atoms with Gasteiger partial charge in [-0.05, 0) is 6.07 Å². The predicted octanol–water partition coefficient (Wildman–Crippen LogP) is 3.63. The second kappa shape index (κ2) is 3.81. The van der Waals surface area contributed by atoms with E-state index in [2.05, 4.69) is 6.07 Å². The lowest BCUT2D eigenvalue weighted by Crippen LogP contribution is -2.14. The van der Waals surface area contributed by atoms with Gasteiger partial charge in [-0.2, -0.15) is 8.78 Å². The van der Waals surface area contributed by atoms with E-state index in [1.807, 2.05) is 0 Å². The summed E-state index contributed by atoms with van der Waals surface area (Å²) < 4.78 is 27.7. The molecule has 0 unspecified atom stereocenters. The van der Waals surface area contributed by atoms with Crippen molar-refractivity contribution in [2.24, 2.45) is 0 Å². The fraction of sp³-hybridized carbons (Fsp3) is 0.0769. The molecule has 0 aliphatic carbocycles. The number of hydrogen-bond donors (Lipinski definition) is 0. The van der Waals surface area contributed by atoms with Crippen molar-refractivity contribution in [3.8, 4) is 0 Å². The van der Waals surface area contributed by atoms with Crippen LogP contribution in [-0.4, -0.2) is 0 Å². The highest BCUT2D eigenvalue weighted by molar-refractivity contribution is 5.32. The molecular formula is C13H9F2. The van der Waals surface area contributed by atoms with Crippen molar-refractivity contribution >= 4 is 0 Å². The minimum Gasteiger partial charge on any atom is -0.196 e. The van der Waals surface area contributed by atoms with Gasteiger partial charge in [0.1, 0.15) is 0 Å². The smallest absolute Gasteiger partial charge is 0.196 e. The standard InChI is InChI=1S/C13H9F2/c14-13(15,11-7-3-1-4-8-11)12-9-5-2-6-10-12/h1,3-10H. The van der Waals surface area contributed by atoms with Crippen LogP contribution in [0.1, 0.15) is 11.1 Å². The summed E-state index contributed by atoms with van der Waals surface area (Å²) in [5, 5.41) is 0. The van der Waals surface area contributed by atoms with E-state index in [1.165, 1.54) is 36.4 Å². The number of halogens is 2. The van der Waals surface area contributed by atoms with Crippen molar-refractivity contribution in [1.29, 1.82) is 0 Å². The maximum atomic E-state index is 13.9. The van der Waals surface area contributed by atoms with Gasteiger partial charge in [0.2, 0.25) is 0 Å².